The van der Waals surface area contributed by atoms with Crippen LogP contribution in [0, 0.1) is 0 Å². The first-order valence-corrected chi connectivity index (χ1v) is 7.62. The van der Waals surface area contributed by atoms with Gasteiger partial charge in [-0.1, -0.05) is 12.1 Å². The molecule has 2 rings (SSSR count). The van der Waals surface area contributed by atoms with Gasteiger partial charge in [-0.05, 0) is 48.4 Å². The van der Waals surface area contributed by atoms with Gasteiger partial charge >= 0.3 is 0 Å². The number of aliphatic hydroxyl groups excluding tert-OH is 1. The van der Waals surface area contributed by atoms with Gasteiger partial charge in [0, 0.05) is 29.5 Å². The van der Waals surface area contributed by atoms with Crippen LogP contribution in [0.5, 0.6) is 5.75 Å². The molecule has 0 amide bonds. The molecule has 3 nitrogen and oxygen atoms in total. The van der Waals surface area contributed by atoms with Crippen molar-refractivity contribution in [3.63, 3.8) is 0 Å². The molecule has 20 heavy (non-hydrogen) atoms. The second-order valence-corrected chi connectivity index (χ2v) is 5.64. The summed E-state index contributed by atoms with van der Waals surface area (Å²) in [7, 11) is 0. The quantitative estimate of drug-likeness (QED) is 0.539. The zero-order valence-corrected chi connectivity index (χ0v) is 12.1. The molecule has 106 valence electrons. The molecule has 0 aromatic heterocycles. The number of phenolic OH excluding ortho intramolecular Hbond substituents is 1. The van der Waals surface area contributed by atoms with Gasteiger partial charge < -0.3 is 15.5 Å². The van der Waals surface area contributed by atoms with Crippen LogP contribution in [0.15, 0.2) is 53.4 Å². The van der Waals surface area contributed by atoms with Crippen molar-refractivity contribution in [1.82, 2.24) is 0 Å². The third-order valence-corrected chi connectivity index (χ3v) is 3.93. The average molecular weight is 289 g/mol. The first-order valence-electron chi connectivity index (χ1n) is 6.63. The van der Waals surface area contributed by atoms with Crippen LogP contribution < -0.4 is 5.32 Å². The van der Waals surface area contributed by atoms with E-state index in [-0.39, 0.29) is 6.61 Å². The summed E-state index contributed by atoms with van der Waals surface area (Å²) in [6, 6.07) is 15.5. The molecule has 0 aliphatic heterocycles. The lowest BCUT2D eigenvalue weighted by molar-refractivity contribution is 0.296. The molecule has 2 aromatic carbocycles. The van der Waals surface area contributed by atoms with E-state index >= 15 is 0 Å². The minimum atomic E-state index is 0.247. The van der Waals surface area contributed by atoms with Gasteiger partial charge in [0.2, 0.25) is 0 Å². The molecule has 0 unspecified atom stereocenters. The Labute approximate surface area is 123 Å². The summed E-state index contributed by atoms with van der Waals surface area (Å²) in [5.41, 5.74) is 2.10. The molecule has 0 aliphatic rings. The molecule has 0 fully saturated rings. The lowest BCUT2D eigenvalue weighted by Gasteiger charge is -2.08. The van der Waals surface area contributed by atoms with Crippen LogP contribution >= 0.6 is 11.8 Å². The van der Waals surface area contributed by atoms with Crippen molar-refractivity contribution in [3.8, 4) is 5.75 Å². The Morgan fingerprint density at radius 2 is 1.85 bits per heavy atom. The van der Waals surface area contributed by atoms with Crippen molar-refractivity contribution in [2.45, 2.75) is 17.9 Å². The molecule has 0 atom stereocenters. The molecular weight excluding hydrogens is 270 g/mol. The Kier molecular flexibility index (Phi) is 5.77. The average Bonchev–Trinajstić information content (AvgIpc) is 2.47. The lowest BCUT2D eigenvalue weighted by atomic mass is 10.2. The zero-order valence-electron chi connectivity index (χ0n) is 11.2. The second kappa shape index (κ2) is 7.82. The van der Waals surface area contributed by atoms with E-state index in [1.165, 1.54) is 4.90 Å². The van der Waals surface area contributed by atoms with Crippen molar-refractivity contribution in [3.05, 3.63) is 54.1 Å². The van der Waals surface area contributed by atoms with E-state index in [1.54, 1.807) is 23.9 Å². The highest BCUT2D eigenvalue weighted by molar-refractivity contribution is 7.99. The largest absolute Gasteiger partial charge is 0.508 e. The fourth-order valence-corrected chi connectivity index (χ4v) is 2.63. The Hall–Kier alpha value is -1.65. The molecule has 2 aromatic rings. The van der Waals surface area contributed by atoms with Gasteiger partial charge in [-0.2, -0.15) is 0 Å². The summed E-state index contributed by atoms with van der Waals surface area (Å²) >= 11 is 1.75. The Balaban J connectivity index is 1.84. The third kappa shape index (κ3) is 4.79. The third-order valence-electron chi connectivity index (χ3n) is 2.83. The van der Waals surface area contributed by atoms with Crippen LogP contribution in [0.4, 0.5) is 5.69 Å². The fraction of sp³-hybridized carbons (Fsp3) is 0.250. The normalized spacial score (nSPS) is 10.4. The fourth-order valence-electron chi connectivity index (χ4n) is 1.79. The molecule has 0 saturated carbocycles. The monoisotopic (exact) mass is 289 g/mol. The van der Waals surface area contributed by atoms with Crippen LogP contribution in [0.25, 0.3) is 0 Å². The first-order chi connectivity index (χ1) is 9.78. The van der Waals surface area contributed by atoms with Gasteiger partial charge in [0.1, 0.15) is 5.75 Å². The van der Waals surface area contributed by atoms with E-state index in [0.717, 1.165) is 23.4 Å². The van der Waals surface area contributed by atoms with Crippen molar-refractivity contribution in [2.75, 3.05) is 17.7 Å². The molecule has 0 aliphatic carbocycles. The Morgan fingerprint density at radius 3 is 2.55 bits per heavy atom. The van der Waals surface area contributed by atoms with Gasteiger partial charge in [-0.25, -0.2) is 0 Å². The smallest absolute Gasteiger partial charge is 0.115 e. The van der Waals surface area contributed by atoms with E-state index in [4.69, 9.17) is 5.11 Å². The van der Waals surface area contributed by atoms with Crippen LogP contribution in [-0.2, 0) is 6.54 Å². The minimum Gasteiger partial charge on any atom is -0.508 e. The van der Waals surface area contributed by atoms with Crippen molar-refractivity contribution >= 4 is 17.4 Å². The van der Waals surface area contributed by atoms with E-state index in [2.05, 4.69) is 17.4 Å². The van der Waals surface area contributed by atoms with E-state index in [0.29, 0.717) is 12.3 Å². The van der Waals surface area contributed by atoms with Crippen molar-refractivity contribution < 1.29 is 10.2 Å². The van der Waals surface area contributed by atoms with E-state index in [1.807, 2.05) is 24.3 Å². The molecule has 0 bridgehead atoms. The number of benzene rings is 2. The molecule has 0 radical (unpaired) electrons. The SMILES string of the molecule is OCCCSc1ccc(NCc2cccc(O)c2)cc1. The topological polar surface area (TPSA) is 52.5 Å². The summed E-state index contributed by atoms with van der Waals surface area (Å²) in [4.78, 5) is 1.21. The van der Waals surface area contributed by atoms with E-state index < -0.39 is 0 Å². The van der Waals surface area contributed by atoms with Crippen molar-refractivity contribution in [2.24, 2.45) is 0 Å². The highest BCUT2D eigenvalue weighted by atomic mass is 32.2. The highest BCUT2D eigenvalue weighted by Gasteiger charge is 1.97. The van der Waals surface area contributed by atoms with Gasteiger partial charge in [0.15, 0.2) is 0 Å². The number of anilines is 1. The number of rotatable bonds is 7. The van der Waals surface area contributed by atoms with Crippen LogP contribution in [0.3, 0.4) is 0 Å². The molecule has 0 spiro atoms. The molecule has 3 N–H and O–H groups in total. The van der Waals surface area contributed by atoms with Gasteiger partial charge in [0.05, 0.1) is 0 Å². The summed E-state index contributed by atoms with van der Waals surface area (Å²) in [6.07, 6.45) is 0.822. The first kappa shape index (κ1) is 14.8. The molecule has 4 heteroatoms. The van der Waals surface area contributed by atoms with E-state index in [9.17, 15) is 5.11 Å². The second-order valence-electron chi connectivity index (χ2n) is 4.47. The van der Waals surface area contributed by atoms with Crippen LogP contribution in [0.1, 0.15) is 12.0 Å². The van der Waals surface area contributed by atoms with Crippen LogP contribution in [-0.4, -0.2) is 22.6 Å². The predicted molar refractivity (Wildman–Crippen MR) is 84.3 cm³/mol. The molecular formula is C16H19NO2S. The maximum atomic E-state index is 9.40. The van der Waals surface area contributed by atoms with Gasteiger partial charge in [-0.15, -0.1) is 11.8 Å². The summed E-state index contributed by atoms with van der Waals surface area (Å²) in [5, 5.41) is 21.5. The summed E-state index contributed by atoms with van der Waals surface area (Å²) < 4.78 is 0. The number of aromatic hydroxyl groups is 1. The number of nitrogens with one attached hydrogen (secondary N) is 1. The summed E-state index contributed by atoms with van der Waals surface area (Å²) in [5.74, 6) is 1.23. The highest BCUT2D eigenvalue weighted by Crippen LogP contribution is 2.21. The maximum Gasteiger partial charge on any atom is 0.115 e. The standard InChI is InChI=1S/C16H19NO2S/c18-9-2-10-20-16-7-5-14(6-8-16)17-12-13-3-1-4-15(19)11-13/h1,3-8,11,17-19H,2,9-10,12H2. The van der Waals surface area contributed by atoms with Crippen molar-refractivity contribution in [1.29, 1.82) is 0 Å². The lowest BCUT2D eigenvalue weighted by Crippen LogP contribution is -1.98. The zero-order chi connectivity index (χ0) is 14.2. The maximum absolute atomic E-state index is 9.40. The summed E-state index contributed by atoms with van der Waals surface area (Å²) in [6.45, 7) is 0.933. The number of hydrogen-bond donors (Lipinski definition) is 3. The number of thioether (sulfide) groups is 1. The van der Waals surface area contributed by atoms with Gasteiger partial charge in [-0.3, -0.25) is 0 Å². The molecule has 0 saturated heterocycles. The molecule has 0 heterocycles. The minimum absolute atomic E-state index is 0.247. The Morgan fingerprint density at radius 1 is 1.05 bits per heavy atom. The van der Waals surface area contributed by atoms with Gasteiger partial charge in [0.25, 0.3) is 0 Å². The number of aliphatic hydroxyl groups is 1. The van der Waals surface area contributed by atoms with Crippen LogP contribution in [0.2, 0.25) is 0 Å². The Bertz CT molecular complexity index is 528. The number of phenols is 1. The number of hydrogen-bond acceptors (Lipinski definition) is 4. The predicted octanol–water partition coefficient (Wildman–Crippen LogP) is 3.48.